The first-order valence-corrected chi connectivity index (χ1v) is 8.65. The molecule has 27 heavy (non-hydrogen) atoms. The van der Waals surface area contributed by atoms with Gasteiger partial charge in [0.15, 0.2) is 0 Å². The first-order chi connectivity index (χ1) is 13.0. The number of nitrogens with zero attached hydrogens (tertiary/aromatic N) is 6. The van der Waals surface area contributed by atoms with Crippen molar-refractivity contribution < 1.29 is 18.1 Å². The molecular formula is C17H18F2N6O2. The van der Waals surface area contributed by atoms with Crippen LogP contribution in [0, 0.1) is 12.8 Å². The second-order valence-corrected chi connectivity index (χ2v) is 6.84. The van der Waals surface area contributed by atoms with Crippen molar-refractivity contribution in [3.05, 3.63) is 41.3 Å². The van der Waals surface area contributed by atoms with Crippen molar-refractivity contribution in [3.8, 4) is 0 Å². The SMILES string of the molecule is Cc1cnoc1C(=O)N1CCC(C)C(c2cc(C(F)F)nc3ncnn23)C1. The Labute approximate surface area is 153 Å². The summed E-state index contributed by atoms with van der Waals surface area (Å²) in [7, 11) is 0. The summed E-state index contributed by atoms with van der Waals surface area (Å²) in [5, 5.41) is 7.79. The summed E-state index contributed by atoms with van der Waals surface area (Å²) in [5.41, 5.74) is 0.900. The Morgan fingerprint density at radius 1 is 1.41 bits per heavy atom. The van der Waals surface area contributed by atoms with E-state index in [0.29, 0.717) is 24.3 Å². The largest absolute Gasteiger partial charge is 0.351 e. The lowest BCUT2D eigenvalue weighted by Crippen LogP contribution is -2.42. The van der Waals surface area contributed by atoms with Crippen molar-refractivity contribution in [2.75, 3.05) is 13.1 Å². The number of piperidine rings is 1. The summed E-state index contributed by atoms with van der Waals surface area (Å²) in [6.07, 6.45) is 0.800. The maximum Gasteiger partial charge on any atom is 0.292 e. The lowest BCUT2D eigenvalue weighted by molar-refractivity contribution is 0.0623. The molecule has 1 aliphatic heterocycles. The van der Waals surface area contributed by atoms with Gasteiger partial charge in [0.25, 0.3) is 18.1 Å². The Balaban J connectivity index is 1.70. The maximum atomic E-state index is 13.3. The van der Waals surface area contributed by atoms with Crippen LogP contribution in [0.15, 0.2) is 23.1 Å². The second kappa shape index (κ2) is 6.67. The lowest BCUT2D eigenvalue weighted by atomic mass is 9.84. The van der Waals surface area contributed by atoms with Gasteiger partial charge in [0.05, 0.1) is 11.9 Å². The summed E-state index contributed by atoms with van der Waals surface area (Å²) in [6, 6.07) is 1.36. The van der Waals surface area contributed by atoms with E-state index in [4.69, 9.17) is 4.52 Å². The highest BCUT2D eigenvalue weighted by atomic mass is 19.3. The summed E-state index contributed by atoms with van der Waals surface area (Å²) in [4.78, 5) is 22.3. The van der Waals surface area contributed by atoms with E-state index >= 15 is 0 Å². The molecule has 1 saturated heterocycles. The molecule has 0 spiro atoms. The zero-order chi connectivity index (χ0) is 19.1. The minimum absolute atomic E-state index is 0.129. The first-order valence-electron chi connectivity index (χ1n) is 8.65. The number of fused-ring (bicyclic) bond motifs is 1. The van der Waals surface area contributed by atoms with E-state index in [1.54, 1.807) is 11.8 Å². The molecule has 1 aliphatic rings. The third-order valence-electron chi connectivity index (χ3n) is 5.09. The van der Waals surface area contributed by atoms with Gasteiger partial charge in [-0.15, -0.1) is 0 Å². The van der Waals surface area contributed by atoms with Crippen LogP contribution in [0.2, 0.25) is 0 Å². The third kappa shape index (κ3) is 3.04. The van der Waals surface area contributed by atoms with Crippen molar-refractivity contribution in [2.24, 2.45) is 5.92 Å². The van der Waals surface area contributed by atoms with Crippen LogP contribution in [-0.4, -0.2) is 48.6 Å². The predicted octanol–water partition coefficient (Wildman–Crippen LogP) is 2.62. The van der Waals surface area contributed by atoms with Crippen molar-refractivity contribution in [3.63, 3.8) is 0 Å². The number of hydrogen-bond acceptors (Lipinski definition) is 6. The van der Waals surface area contributed by atoms with E-state index < -0.39 is 6.43 Å². The molecule has 0 radical (unpaired) electrons. The van der Waals surface area contributed by atoms with Crippen LogP contribution in [0.4, 0.5) is 8.78 Å². The third-order valence-corrected chi connectivity index (χ3v) is 5.09. The molecule has 0 bridgehead atoms. The molecule has 2 atom stereocenters. The molecule has 8 nitrogen and oxygen atoms in total. The molecule has 0 saturated carbocycles. The van der Waals surface area contributed by atoms with Gasteiger partial charge in [-0.1, -0.05) is 12.1 Å². The average molecular weight is 376 g/mol. The number of likely N-dealkylation sites (tertiary alicyclic amines) is 1. The van der Waals surface area contributed by atoms with Crippen LogP contribution in [0.5, 0.6) is 0 Å². The molecule has 3 aromatic rings. The van der Waals surface area contributed by atoms with Gasteiger partial charge >= 0.3 is 0 Å². The molecule has 4 heterocycles. The molecule has 1 amide bonds. The molecule has 3 aromatic heterocycles. The molecule has 2 unspecified atom stereocenters. The number of rotatable bonds is 3. The topological polar surface area (TPSA) is 89.4 Å². The minimum Gasteiger partial charge on any atom is -0.351 e. The number of aryl methyl sites for hydroxylation is 1. The molecule has 142 valence electrons. The Hall–Kier alpha value is -2.91. The van der Waals surface area contributed by atoms with Gasteiger partial charge < -0.3 is 9.42 Å². The Morgan fingerprint density at radius 3 is 2.93 bits per heavy atom. The smallest absolute Gasteiger partial charge is 0.292 e. The zero-order valence-electron chi connectivity index (χ0n) is 14.8. The number of carbonyl (C=O) groups excluding carboxylic acids is 1. The van der Waals surface area contributed by atoms with Crippen molar-refractivity contribution in [1.82, 2.24) is 29.6 Å². The van der Waals surface area contributed by atoms with Crippen molar-refractivity contribution >= 4 is 11.7 Å². The van der Waals surface area contributed by atoms with Crippen LogP contribution in [0.3, 0.4) is 0 Å². The van der Waals surface area contributed by atoms with Gasteiger partial charge in [0, 0.05) is 24.6 Å². The van der Waals surface area contributed by atoms with Crippen LogP contribution in [0.25, 0.3) is 5.78 Å². The van der Waals surface area contributed by atoms with Gasteiger partial charge in [0.2, 0.25) is 5.76 Å². The van der Waals surface area contributed by atoms with Crippen molar-refractivity contribution in [1.29, 1.82) is 0 Å². The predicted molar refractivity (Wildman–Crippen MR) is 89.4 cm³/mol. The van der Waals surface area contributed by atoms with Crippen LogP contribution >= 0.6 is 0 Å². The summed E-state index contributed by atoms with van der Waals surface area (Å²) < 4.78 is 33.1. The Morgan fingerprint density at radius 2 is 2.22 bits per heavy atom. The van der Waals surface area contributed by atoms with E-state index in [9.17, 15) is 13.6 Å². The highest BCUT2D eigenvalue weighted by Gasteiger charge is 2.34. The summed E-state index contributed by atoms with van der Waals surface area (Å²) >= 11 is 0. The fourth-order valence-corrected chi connectivity index (χ4v) is 3.51. The average Bonchev–Trinajstić information content (AvgIpc) is 3.29. The number of amides is 1. The molecular weight excluding hydrogens is 358 g/mol. The van der Waals surface area contributed by atoms with Gasteiger partial charge in [0.1, 0.15) is 12.0 Å². The fraction of sp³-hybridized carbons (Fsp3) is 0.471. The van der Waals surface area contributed by atoms with E-state index in [1.807, 2.05) is 6.92 Å². The van der Waals surface area contributed by atoms with E-state index in [2.05, 4.69) is 20.2 Å². The molecule has 0 aliphatic carbocycles. The molecule has 10 heteroatoms. The van der Waals surface area contributed by atoms with Crippen molar-refractivity contribution in [2.45, 2.75) is 32.6 Å². The first kappa shape index (κ1) is 17.5. The van der Waals surface area contributed by atoms with E-state index in [-0.39, 0.29) is 35.0 Å². The standard InChI is InChI=1S/C17H18F2N6O2/c1-9-3-4-24(16(26)14-10(2)6-22-27-14)7-11(9)13-5-12(15(18)19)23-17-20-8-21-25(13)17/h5-6,8-9,11,15H,3-4,7H2,1-2H3. The van der Waals surface area contributed by atoms with Gasteiger partial charge in [-0.3, -0.25) is 4.79 Å². The van der Waals surface area contributed by atoms with Gasteiger partial charge in [-0.2, -0.15) is 10.1 Å². The Bertz CT molecular complexity index is 985. The quantitative estimate of drug-likeness (QED) is 0.698. The number of halogens is 2. The summed E-state index contributed by atoms with van der Waals surface area (Å²) in [6.45, 7) is 4.72. The number of aromatic nitrogens is 5. The summed E-state index contributed by atoms with van der Waals surface area (Å²) in [5.74, 6) is 0.0717. The molecule has 0 N–H and O–H groups in total. The minimum atomic E-state index is -2.71. The van der Waals surface area contributed by atoms with E-state index in [1.165, 1.54) is 23.1 Å². The van der Waals surface area contributed by atoms with Crippen LogP contribution < -0.4 is 0 Å². The number of carbonyl (C=O) groups is 1. The van der Waals surface area contributed by atoms with Crippen LogP contribution in [-0.2, 0) is 0 Å². The van der Waals surface area contributed by atoms with Gasteiger partial charge in [-0.25, -0.2) is 18.3 Å². The number of hydrogen-bond donors (Lipinski definition) is 0. The molecule has 4 rings (SSSR count). The second-order valence-electron chi connectivity index (χ2n) is 6.84. The highest BCUT2D eigenvalue weighted by molar-refractivity contribution is 5.92. The number of alkyl halides is 2. The van der Waals surface area contributed by atoms with Gasteiger partial charge in [-0.05, 0) is 25.3 Å². The lowest BCUT2D eigenvalue weighted by Gasteiger charge is -2.36. The molecule has 0 aromatic carbocycles. The maximum absolute atomic E-state index is 13.3. The molecule has 1 fully saturated rings. The normalized spacial score (nSPS) is 20.6. The highest BCUT2D eigenvalue weighted by Crippen LogP contribution is 2.34. The monoisotopic (exact) mass is 376 g/mol. The fourth-order valence-electron chi connectivity index (χ4n) is 3.51. The zero-order valence-corrected chi connectivity index (χ0v) is 14.8. The Kier molecular flexibility index (Phi) is 4.33. The van der Waals surface area contributed by atoms with E-state index in [0.717, 1.165) is 6.42 Å². The van der Waals surface area contributed by atoms with Crippen LogP contribution in [0.1, 0.15) is 53.2 Å².